The van der Waals surface area contributed by atoms with E-state index in [-0.39, 0.29) is 31.5 Å². The van der Waals surface area contributed by atoms with Gasteiger partial charge in [0.25, 0.3) is 0 Å². The fourth-order valence-corrected chi connectivity index (χ4v) is 1.98. The lowest BCUT2D eigenvalue weighted by atomic mass is 10.2. The Balaban J connectivity index is 1.91. The molecule has 0 saturated heterocycles. The minimum Gasteiger partial charge on any atom is -0.380 e. The van der Waals surface area contributed by atoms with E-state index < -0.39 is 0 Å². The van der Waals surface area contributed by atoms with Gasteiger partial charge in [-0.2, -0.15) is 4.98 Å². The summed E-state index contributed by atoms with van der Waals surface area (Å²) in [6.07, 6.45) is -0.118. The number of benzene rings is 1. The van der Waals surface area contributed by atoms with E-state index in [4.69, 9.17) is 26.6 Å². The molecule has 1 aromatic carbocycles. The van der Waals surface area contributed by atoms with Crippen molar-refractivity contribution in [3.8, 4) is 11.4 Å². The number of hydrogen-bond donors (Lipinski definition) is 2. The van der Waals surface area contributed by atoms with Gasteiger partial charge in [-0.3, -0.25) is 4.79 Å². The zero-order valence-electron chi connectivity index (χ0n) is 12.1. The largest absolute Gasteiger partial charge is 0.380 e. The number of halogens is 1. The molecule has 1 aromatic heterocycles. The highest BCUT2D eigenvalue weighted by Crippen LogP contribution is 2.19. The van der Waals surface area contributed by atoms with Gasteiger partial charge in [0.05, 0.1) is 19.1 Å². The van der Waals surface area contributed by atoms with Gasteiger partial charge >= 0.3 is 0 Å². The van der Waals surface area contributed by atoms with Crippen molar-refractivity contribution in [2.45, 2.75) is 19.1 Å². The van der Waals surface area contributed by atoms with Crippen molar-refractivity contribution in [3.63, 3.8) is 0 Å². The summed E-state index contributed by atoms with van der Waals surface area (Å²) >= 11 is 5.91. The van der Waals surface area contributed by atoms with Crippen molar-refractivity contribution in [1.29, 1.82) is 0 Å². The molecule has 0 spiro atoms. The number of methoxy groups -OCH3 is 1. The fourth-order valence-electron chi connectivity index (χ4n) is 1.79. The van der Waals surface area contributed by atoms with Crippen LogP contribution in [0.2, 0.25) is 5.02 Å². The summed E-state index contributed by atoms with van der Waals surface area (Å²) in [6, 6.07) is 7.12. The van der Waals surface area contributed by atoms with Crippen LogP contribution in [-0.2, 0) is 16.1 Å². The van der Waals surface area contributed by atoms with Crippen LogP contribution in [0.15, 0.2) is 28.8 Å². The second-order valence-electron chi connectivity index (χ2n) is 4.60. The third-order valence-electron chi connectivity index (χ3n) is 3.00. The van der Waals surface area contributed by atoms with Gasteiger partial charge in [0.2, 0.25) is 17.6 Å². The number of carbonyl (C=O) groups is 1. The second kappa shape index (κ2) is 7.88. The van der Waals surface area contributed by atoms with E-state index in [9.17, 15) is 4.79 Å². The number of amides is 1. The van der Waals surface area contributed by atoms with Gasteiger partial charge < -0.3 is 20.3 Å². The Hall–Kier alpha value is -1.96. The number of hydrogen-bond acceptors (Lipinski definition) is 6. The average molecular weight is 325 g/mol. The summed E-state index contributed by atoms with van der Waals surface area (Å²) < 4.78 is 10.1. The first kappa shape index (κ1) is 16.4. The number of rotatable bonds is 7. The van der Waals surface area contributed by atoms with E-state index in [2.05, 4.69) is 15.5 Å². The van der Waals surface area contributed by atoms with Crippen LogP contribution < -0.4 is 11.1 Å². The molecule has 0 fully saturated rings. The Morgan fingerprint density at radius 1 is 1.55 bits per heavy atom. The summed E-state index contributed by atoms with van der Waals surface area (Å²) in [6.45, 7) is 0.427. The van der Waals surface area contributed by atoms with Gasteiger partial charge in [-0.25, -0.2) is 0 Å². The zero-order chi connectivity index (χ0) is 15.9. The number of nitrogens with one attached hydrogen (secondary N) is 1. The molecular formula is C14H17ClN4O3. The molecule has 0 aliphatic carbocycles. The molecule has 0 saturated carbocycles. The molecule has 2 aromatic rings. The maximum absolute atomic E-state index is 11.7. The third kappa shape index (κ3) is 4.52. The van der Waals surface area contributed by atoms with Crippen LogP contribution in [0, 0.1) is 0 Å². The first-order valence-electron chi connectivity index (χ1n) is 6.70. The molecule has 22 heavy (non-hydrogen) atoms. The van der Waals surface area contributed by atoms with Crippen LogP contribution >= 0.6 is 11.6 Å². The molecule has 0 aliphatic heterocycles. The van der Waals surface area contributed by atoms with Crippen molar-refractivity contribution in [2.75, 3.05) is 13.7 Å². The minimum atomic E-state index is -0.301. The first-order valence-corrected chi connectivity index (χ1v) is 7.08. The number of carbonyl (C=O) groups excluding carboxylic acids is 1. The Kier molecular flexibility index (Phi) is 5.88. The molecule has 8 heteroatoms. The maximum Gasteiger partial charge on any atom is 0.246 e. The zero-order valence-corrected chi connectivity index (χ0v) is 12.8. The normalized spacial score (nSPS) is 12.1. The van der Waals surface area contributed by atoms with Crippen LogP contribution in [0.25, 0.3) is 11.4 Å². The predicted molar refractivity (Wildman–Crippen MR) is 81.1 cm³/mol. The highest BCUT2D eigenvalue weighted by Gasteiger charge is 2.13. The Labute approximate surface area is 132 Å². The molecule has 7 nitrogen and oxygen atoms in total. The molecule has 118 valence electrons. The maximum atomic E-state index is 11.7. The van der Waals surface area contributed by atoms with Crippen molar-refractivity contribution >= 4 is 17.5 Å². The van der Waals surface area contributed by atoms with Crippen LogP contribution in [0.4, 0.5) is 0 Å². The number of nitrogens with two attached hydrogens (primary N) is 1. The second-order valence-corrected chi connectivity index (χ2v) is 5.03. The molecule has 1 amide bonds. The summed E-state index contributed by atoms with van der Waals surface area (Å²) in [5.41, 5.74) is 6.21. The molecular weight excluding hydrogens is 308 g/mol. The van der Waals surface area contributed by atoms with E-state index in [1.54, 1.807) is 18.2 Å². The molecule has 0 radical (unpaired) electrons. The first-order chi connectivity index (χ1) is 10.6. The molecule has 1 unspecified atom stereocenters. The topological polar surface area (TPSA) is 103 Å². The Bertz CT molecular complexity index is 628. The van der Waals surface area contributed by atoms with Crippen LogP contribution in [-0.4, -0.2) is 35.8 Å². The summed E-state index contributed by atoms with van der Waals surface area (Å²) in [5.74, 6) is 0.535. The molecule has 1 atom stereocenters. The van der Waals surface area contributed by atoms with Crippen molar-refractivity contribution < 1.29 is 14.1 Å². The third-order valence-corrected chi connectivity index (χ3v) is 3.23. The fraction of sp³-hybridized carbons (Fsp3) is 0.357. The Morgan fingerprint density at radius 2 is 2.36 bits per heavy atom. The lowest BCUT2D eigenvalue weighted by Crippen LogP contribution is -2.31. The van der Waals surface area contributed by atoms with Gasteiger partial charge in [-0.1, -0.05) is 28.9 Å². The van der Waals surface area contributed by atoms with E-state index in [1.165, 1.54) is 7.11 Å². The van der Waals surface area contributed by atoms with Crippen LogP contribution in [0.1, 0.15) is 12.3 Å². The molecule has 0 aliphatic rings. The van der Waals surface area contributed by atoms with Crippen molar-refractivity contribution in [3.05, 3.63) is 35.2 Å². The van der Waals surface area contributed by atoms with E-state index >= 15 is 0 Å². The standard InChI is InChI=1S/C14H17ClN4O3/c1-21-11(7-16)6-12(20)17-8-13-18-14(19-22-13)9-3-2-4-10(15)5-9/h2-5,11H,6-8,16H2,1H3,(H,17,20). The molecule has 1 heterocycles. The highest BCUT2D eigenvalue weighted by atomic mass is 35.5. The lowest BCUT2D eigenvalue weighted by molar-refractivity contribution is -0.123. The molecule has 0 bridgehead atoms. The number of ether oxygens (including phenoxy) is 1. The summed E-state index contributed by atoms with van der Waals surface area (Å²) in [7, 11) is 1.51. The number of nitrogens with zero attached hydrogens (tertiary/aromatic N) is 2. The van der Waals surface area contributed by atoms with Gasteiger partial charge in [-0.05, 0) is 12.1 Å². The lowest BCUT2D eigenvalue weighted by Gasteiger charge is -2.11. The van der Waals surface area contributed by atoms with Crippen molar-refractivity contribution in [1.82, 2.24) is 15.5 Å². The SMILES string of the molecule is COC(CN)CC(=O)NCc1nc(-c2cccc(Cl)c2)no1. The van der Waals surface area contributed by atoms with E-state index in [1.807, 2.05) is 6.07 Å². The van der Waals surface area contributed by atoms with Gasteiger partial charge in [0.1, 0.15) is 0 Å². The van der Waals surface area contributed by atoms with E-state index in [0.29, 0.717) is 16.7 Å². The van der Waals surface area contributed by atoms with Gasteiger partial charge in [0, 0.05) is 24.2 Å². The van der Waals surface area contributed by atoms with E-state index in [0.717, 1.165) is 5.56 Å². The molecule has 2 rings (SSSR count). The monoisotopic (exact) mass is 324 g/mol. The predicted octanol–water partition coefficient (Wildman–Crippen LogP) is 1.37. The van der Waals surface area contributed by atoms with Crippen molar-refractivity contribution in [2.24, 2.45) is 5.73 Å². The number of aromatic nitrogens is 2. The van der Waals surface area contributed by atoms with Crippen LogP contribution in [0.5, 0.6) is 0 Å². The minimum absolute atomic E-state index is 0.146. The average Bonchev–Trinajstić information content (AvgIpc) is 2.99. The Morgan fingerprint density at radius 3 is 3.05 bits per heavy atom. The summed E-state index contributed by atoms with van der Waals surface area (Å²) in [5, 5.41) is 7.12. The molecule has 3 N–H and O–H groups in total. The smallest absolute Gasteiger partial charge is 0.246 e. The van der Waals surface area contributed by atoms with Gasteiger partial charge in [0.15, 0.2) is 0 Å². The van der Waals surface area contributed by atoms with Gasteiger partial charge in [-0.15, -0.1) is 0 Å². The highest BCUT2D eigenvalue weighted by molar-refractivity contribution is 6.30. The summed E-state index contributed by atoms with van der Waals surface area (Å²) in [4.78, 5) is 15.9. The van der Waals surface area contributed by atoms with Crippen LogP contribution in [0.3, 0.4) is 0 Å². The quantitative estimate of drug-likeness (QED) is 0.797.